The molecule has 41 heavy (non-hydrogen) atoms. The van der Waals surface area contributed by atoms with Gasteiger partial charge in [0, 0.05) is 39.3 Å². The zero-order valence-corrected chi connectivity index (χ0v) is 24.9. The summed E-state index contributed by atoms with van der Waals surface area (Å²) in [6, 6.07) is 0. The van der Waals surface area contributed by atoms with Crippen molar-refractivity contribution in [3.8, 4) is 0 Å². The predicted molar refractivity (Wildman–Crippen MR) is 159 cm³/mol. The highest BCUT2D eigenvalue weighted by Crippen LogP contribution is 2.34. The molecule has 0 unspecified atom stereocenters. The maximum atomic E-state index is 11.2. The van der Waals surface area contributed by atoms with Gasteiger partial charge in [0.15, 0.2) is 11.5 Å². The third-order valence-corrected chi connectivity index (χ3v) is 9.17. The smallest absolute Gasteiger partial charge is 0.326 e. The van der Waals surface area contributed by atoms with E-state index in [1.165, 1.54) is 64.2 Å². The molecule has 5 rings (SSSR count). The number of nitrogens with one attached hydrogen (secondary N) is 2. The van der Waals surface area contributed by atoms with Gasteiger partial charge in [-0.25, -0.2) is 4.98 Å². The number of rotatable bonds is 15. The van der Waals surface area contributed by atoms with E-state index in [1.54, 1.807) is 6.33 Å². The summed E-state index contributed by atoms with van der Waals surface area (Å²) >= 11 is 0. The number of H-pyrrole nitrogens is 1. The summed E-state index contributed by atoms with van der Waals surface area (Å²) in [5, 5.41) is 12.0. The first-order valence-electron chi connectivity index (χ1n) is 15.3. The SMILES string of the molecule is O=P(O)(O)CCN1CCN(c2nc(NCc3cn(CCCCCCCC4CCCCC4)nn3)c3[nH]cnc3n2)CC1. The number of aryl methyl sites for hydroxylation is 1. The quantitative estimate of drug-likeness (QED) is 0.151. The van der Waals surface area contributed by atoms with Crippen LogP contribution in [0.15, 0.2) is 12.5 Å². The van der Waals surface area contributed by atoms with Crippen LogP contribution in [0.5, 0.6) is 0 Å². The number of aromatic nitrogens is 7. The van der Waals surface area contributed by atoms with E-state index in [0.717, 1.165) is 30.1 Å². The summed E-state index contributed by atoms with van der Waals surface area (Å²) in [4.78, 5) is 39.3. The number of unbranched alkanes of at least 4 members (excludes halogenated alkanes) is 4. The fourth-order valence-corrected chi connectivity index (χ4v) is 6.49. The molecule has 0 atom stereocenters. The van der Waals surface area contributed by atoms with Crippen molar-refractivity contribution in [1.29, 1.82) is 0 Å². The first-order chi connectivity index (χ1) is 19.9. The maximum Gasteiger partial charge on any atom is 0.326 e. The number of fused-ring (bicyclic) bond motifs is 1. The van der Waals surface area contributed by atoms with Gasteiger partial charge in [-0.3, -0.25) is 14.1 Å². The largest absolute Gasteiger partial charge is 0.362 e. The van der Waals surface area contributed by atoms with Crippen LogP contribution in [-0.2, 0) is 17.7 Å². The predicted octanol–water partition coefficient (Wildman–Crippen LogP) is 3.78. The summed E-state index contributed by atoms with van der Waals surface area (Å²) < 4.78 is 13.1. The van der Waals surface area contributed by atoms with Crippen LogP contribution in [-0.4, -0.2) is 88.5 Å². The molecule has 3 aromatic heterocycles. The molecule has 2 fully saturated rings. The molecule has 0 radical (unpaired) electrons. The van der Waals surface area contributed by atoms with Crippen molar-refractivity contribution in [2.24, 2.45) is 5.92 Å². The average molecular weight is 589 g/mol. The molecule has 0 spiro atoms. The highest BCUT2D eigenvalue weighted by Gasteiger charge is 2.23. The standard InChI is InChI=1S/C27H45N10O3P/c38-41(39,40)18-17-35-13-15-36(16-14-35)27-31-25(24-26(32-27)30-21-29-24)28-19-23-20-37(34-33-23)12-8-3-1-2-5-9-22-10-6-4-7-11-22/h20-22H,1-19H2,(H2,38,39,40)(H2,28,29,30,31,32). The fraction of sp³-hybridized carbons (Fsp3) is 0.741. The molecular weight excluding hydrogens is 543 g/mol. The van der Waals surface area contributed by atoms with Gasteiger partial charge in [-0.05, 0) is 12.3 Å². The number of hydrogen-bond donors (Lipinski definition) is 4. The van der Waals surface area contributed by atoms with Gasteiger partial charge in [0.05, 0.1) is 25.2 Å². The normalized spacial score (nSPS) is 17.5. The highest BCUT2D eigenvalue weighted by atomic mass is 31.2. The van der Waals surface area contributed by atoms with Gasteiger partial charge in [-0.2, -0.15) is 9.97 Å². The molecule has 1 saturated carbocycles. The second-order valence-electron chi connectivity index (χ2n) is 11.6. The lowest BCUT2D eigenvalue weighted by Crippen LogP contribution is -2.47. The topological polar surface area (TPSA) is 161 Å². The number of imidazole rings is 1. The molecule has 0 bridgehead atoms. The first-order valence-corrected chi connectivity index (χ1v) is 17.1. The molecule has 1 saturated heterocycles. The number of piperazine rings is 1. The van der Waals surface area contributed by atoms with Crippen LogP contribution in [0.3, 0.4) is 0 Å². The second kappa shape index (κ2) is 14.5. The van der Waals surface area contributed by atoms with E-state index in [-0.39, 0.29) is 6.16 Å². The Labute approximate surface area is 241 Å². The van der Waals surface area contributed by atoms with Crippen LogP contribution in [0.2, 0.25) is 0 Å². The van der Waals surface area contributed by atoms with Crippen molar-refractivity contribution in [2.45, 2.75) is 83.7 Å². The van der Waals surface area contributed by atoms with Crippen molar-refractivity contribution >= 4 is 30.5 Å². The van der Waals surface area contributed by atoms with Gasteiger partial charge in [-0.1, -0.05) is 69.4 Å². The van der Waals surface area contributed by atoms with E-state index in [9.17, 15) is 4.57 Å². The van der Waals surface area contributed by atoms with Crippen LogP contribution in [0.25, 0.3) is 11.2 Å². The minimum absolute atomic E-state index is 0.123. The third kappa shape index (κ3) is 9.19. The number of aromatic amines is 1. The van der Waals surface area contributed by atoms with E-state index in [1.807, 2.05) is 10.9 Å². The monoisotopic (exact) mass is 588 g/mol. The molecule has 1 aliphatic carbocycles. The second-order valence-corrected chi connectivity index (χ2v) is 13.4. The Morgan fingerprint density at radius 3 is 2.56 bits per heavy atom. The number of hydrogen-bond acceptors (Lipinski definition) is 9. The summed E-state index contributed by atoms with van der Waals surface area (Å²) in [5.41, 5.74) is 2.18. The van der Waals surface area contributed by atoms with Gasteiger partial charge >= 0.3 is 7.60 Å². The van der Waals surface area contributed by atoms with Crippen LogP contribution in [0.4, 0.5) is 11.8 Å². The van der Waals surface area contributed by atoms with Crippen molar-refractivity contribution in [1.82, 2.24) is 39.8 Å². The Balaban J connectivity index is 1.05. The molecule has 1 aliphatic heterocycles. The molecule has 3 aromatic rings. The van der Waals surface area contributed by atoms with Crippen molar-refractivity contribution < 1.29 is 14.4 Å². The molecule has 4 heterocycles. The molecule has 14 heteroatoms. The van der Waals surface area contributed by atoms with Gasteiger partial charge in [0.1, 0.15) is 11.2 Å². The molecule has 13 nitrogen and oxygen atoms in total. The van der Waals surface area contributed by atoms with Crippen molar-refractivity contribution in [3.63, 3.8) is 0 Å². The molecule has 0 amide bonds. The van der Waals surface area contributed by atoms with E-state index < -0.39 is 7.60 Å². The minimum Gasteiger partial charge on any atom is -0.362 e. The van der Waals surface area contributed by atoms with Crippen LogP contribution < -0.4 is 10.2 Å². The summed E-state index contributed by atoms with van der Waals surface area (Å²) in [5.74, 6) is 2.24. The fourth-order valence-electron chi connectivity index (χ4n) is 5.95. The summed E-state index contributed by atoms with van der Waals surface area (Å²) in [7, 11) is -3.99. The minimum atomic E-state index is -3.99. The molecule has 0 aromatic carbocycles. The molecular formula is C27H45N10O3P. The average Bonchev–Trinajstić information content (AvgIpc) is 3.64. The summed E-state index contributed by atoms with van der Waals surface area (Å²) in [6.07, 6.45) is 18.5. The summed E-state index contributed by atoms with van der Waals surface area (Å²) in [6.45, 7) is 4.48. The zero-order valence-electron chi connectivity index (χ0n) is 24.0. The van der Waals surface area contributed by atoms with Crippen LogP contribution >= 0.6 is 7.60 Å². The van der Waals surface area contributed by atoms with E-state index >= 15 is 0 Å². The number of anilines is 2. The maximum absolute atomic E-state index is 11.2. The van der Waals surface area contributed by atoms with Crippen LogP contribution in [0, 0.1) is 5.92 Å². The Morgan fingerprint density at radius 2 is 1.76 bits per heavy atom. The zero-order chi connectivity index (χ0) is 28.5. The van der Waals surface area contributed by atoms with E-state index in [4.69, 9.17) is 14.8 Å². The van der Waals surface area contributed by atoms with Gasteiger partial charge in [0.2, 0.25) is 5.95 Å². The Kier molecular flexibility index (Phi) is 10.6. The first kappa shape index (κ1) is 29.9. The van der Waals surface area contributed by atoms with E-state index in [0.29, 0.717) is 56.7 Å². The lowest BCUT2D eigenvalue weighted by atomic mass is 9.85. The highest BCUT2D eigenvalue weighted by molar-refractivity contribution is 7.51. The van der Waals surface area contributed by atoms with Crippen LogP contribution in [0.1, 0.15) is 76.3 Å². The number of nitrogens with zero attached hydrogens (tertiary/aromatic N) is 8. The third-order valence-electron chi connectivity index (χ3n) is 8.38. The Bertz CT molecular complexity index is 1260. The van der Waals surface area contributed by atoms with Gasteiger partial charge in [0.25, 0.3) is 0 Å². The van der Waals surface area contributed by atoms with Crippen molar-refractivity contribution in [2.75, 3.05) is 49.1 Å². The molecule has 4 N–H and O–H groups in total. The van der Waals surface area contributed by atoms with Crippen molar-refractivity contribution in [3.05, 3.63) is 18.2 Å². The van der Waals surface area contributed by atoms with E-state index in [2.05, 4.69) is 40.4 Å². The Hall–Kier alpha value is -2.60. The lowest BCUT2D eigenvalue weighted by Gasteiger charge is -2.34. The lowest BCUT2D eigenvalue weighted by molar-refractivity contribution is 0.263. The van der Waals surface area contributed by atoms with Gasteiger partial charge < -0.3 is 25.0 Å². The van der Waals surface area contributed by atoms with Gasteiger partial charge in [-0.15, -0.1) is 5.10 Å². The Morgan fingerprint density at radius 1 is 0.976 bits per heavy atom. The molecule has 226 valence electrons. The molecule has 2 aliphatic rings.